The smallest absolute Gasteiger partial charge is 0.332 e. The minimum atomic E-state index is -0.516. The molecule has 106 valence electrons. The normalized spacial score (nSPS) is 12.1. The van der Waals surface area contributed by atoms with Crippen LogP contribution in [0.15, 0.2) is 18.5 Å². The Morgan fingerprint density at radius 3 is 2.90 bits per heavy atom. The predicted molar refractivity (Wildman–Crippen MR) is 73.1 cm³/mol. The molecule has 20 heavy (non-hydrogen) atoms. The molecule has 3 N–H and O–H groups in total. The van der Waals surface area contributed by atoms with E-state index in [4.69, 9.17) is 5.73 Å². The maximum absolute atomic E-state index is 11.1. The lowest BCUT2D eigenvalue weighted by Crippen LogP contribution is -2.24. The summed E-state index contributed by atoms with van der Waals surface area (Å²) in [6, 6.07) is 1.70. The SMILES string of the molecule is Cc1nc(N)nc(NC(C)Cn2cccn2)c1[N+](=O)[O-]. The number of hydrogen-bond donors (Lipinski definition) is 2. The maximum Gasteiger partial charge on any atom is 0.332 e. The topological polar surface area (TPSA) is 125 Å². The van der Waals surface area contributed by atoms with Crippen molar-refractivity contribution < 1.29 is 4.92 Å². The molecule has 2 rings (SSSR count). The number of nitrogens with zero attached hydrogens (tertiary/aromatic N) is 5. The lowest BCUT2D eigenvalue weighted by atomic mass is 10.3. The number of aromatic nitrogens is 4. The van der Waals surface area contributed by atoms with E-state index in [1.54, 1.807) is 10.9 Å². The van der Waals surface area contributed by atoms with Crippen molar-refractivity contribution in [3.05, 3.63) is 34.3 Å². The number of rotatable bonds is 5. The van der Waals surface area contributed by atoms with Crippen LogP contribution < -0.4 is 11.1 Å². The van der Waals surface area contributed by atoms with E-state index in [-0.39, 0.29) is 29.2 Å². The van der Waals surface area contributed by atoms with Gasteiger partial charge in [0.05, 0.1) is 11.5 Å². The molecule has 2 aromatic heterocycles. The van der Waals surface area contributed by atoms with Crippen LogP contribution in [-0.2, 0) is 6.54 Å². The molecule has 1 unspecified atom stereocenters. The summed E-state index contributed by atoms with van der Waals surface area (Å²) >= 11 is 0. The Morgan fingerprint density at radius 1 is 1.55 bits per heavy atom. The van der Waals surface area contributed by atoms with Gasteiger partial charge in [0, 0.05) is 18.4 Å². The zero-order valence-electron chi connectivity index (χ0n) is 11.1. The Balaban J connectivity index is 2.21. The molecular formula is C11H15N7O2. The molecule has 1 atom stereocenters. The van der Waals surface area contributed by atoms with E-state index in [1.165, 1.54) is 6.92 Å². The molecule has 0 bridgehead atoms. The summed E-state index contributed by atoms with van der Waals surface area (Å²) in [6.45, 7) is 3.95. The van der Waals surface area contributed by atoms with E-state index < -0.39 is 4.92 Å². The summed E-state index contributed by atoms with van der Waals surface area (Å²) in [5.41, 5.74) is 5.61. The fourth-order valence-corrected chi connectivity index (χ4v) is 1.88. The molecule has 9 heteroatoms. The van der Waals surface area contributed by atoms with Crippen molar-refractivity contribution in [1.82, 2.24) is 19.7 Å². The molecule has 0 amide bonds. The van der Waals surface area contributed by atoms with Gasteiger partial charge in [-0.05, 0) is 19.9 Å². The zero-order valence-corrected chi connectivity index (χ0v) is 11.1. The minimum Gasteiger partial charge on any atom is -0.368 e. The molecule has 9 nitrogen and oxygen atoms in total. The zero-order chi connectivity index (χ0) is 14.7. The lowest BCUT2D eigenvalue weighted by molar-refractivity contribution is -0.385. The first-order chi connectivity index (χ1) is 9.47. The molecule has 0 aromatic carbocycles. The van der Waals surface area contributed by atoms with Gasteiger partial charge in [-0.25, -0.2) is 4.98 Å². The van der Waals surface area contributed by atoms with Crippen molar-refractivity contribution in [2.45, 2.75) is 26.4 Å². The molecule has 2 aromatic rings. The third-order valence-electron chi connectivity index (χ3n) is 2.66. The highest BCUT2D eigenvalue weighted by molar-refractivity contribution is 5.60. The highest BCUT2D eigenvalue weighted by atomic mass is 16.6. The summed E-state index contributed by atoms with van der Waals surface area (Å²) in [4.78, 5) is 18.3. The largest absolute Gasteiger partial charge is 0.368 e. The van der Waals surface area contributed by atoms with E-state index in [1.807, 2.05) is 19.2 Å². The van der Waals surface area contributed by atoms with Crippen LogP contribution in [0, 0.1) is 17.0 Å². The Kier molecular flexibility index (Phi) is 3.78. The van der Waals surface area contributed by atoms with E-state index in [0.29, 0.717) is 6.54 Å². The number of nitrogen functional groups attached to an aromatic ring is 1. The number of nitrogens with two attached hydrogens (primary N) is 1. The van der Waals surface area contributed by atoms with Gasteiger partial charge in [-0.2, -0.15) is 10.1 Å². The van der Waals surface area contributed by atoms with Gasteiger partial charge in [0.15, 0.2) is 0 Å². The van der Waals surface area contributed by atoms with Crippen molar-refractivity contribution in [2.75, 3.05) is 11.1 Å². The van der Waals surface area contributed by atoms with E-state index in [2.05, 4.69) is 20.4 Å². The van der Waals surface area contributed by atoms with Crippen LogP contribution in [0.5, 0.6) is 0 Å². The van der Waals surface area contributed by atoms with Gasteiger partial charge in [0.1, 0.15) is 5.69 Å². The minimum absolute atomic E-state index is 0.00175. The van der Waals surface area contributed by atoms with Crippen LogP contribution in [0.25, 0.3) is 0 Å². The molecule has 2 heterocycles. The Hall–Kier alpha value is -2.71. The number of nitrogens with one attached hydrogen (secondary N) is 1. The molecule has 0 saturated heterocycles. The molecule has 0 aliphatic heterocycles. The molecule has 0 saturated carbocycles. The average molecular weight is 277 g/mol. The van der Waals surface area contributed by atoms with Gasteiger partial charge in [-0.15, -0.1) is 0 Å². The maximum atomic E-state index is 11.1. The van der Waals surface area contributed by atoms with Gasteiger partial charge >= 0.3 is 5.69 Å². The first-order valence-electron chi connectivity index (χ1n) is 6.00. The first-order valence-corrected chi connectivity index (χ1v) is 6.00. The van der Waals surface area contributed by atoms with Crippen molar-refractivity contribution in [3.8, 4) is 0 Å². The third kappa shape index (κ3) is 2.99. The molecule has 0 fully saturated rings. The van der Waals surface area contributed by atoms with Gasteiger partial charge in [-0.3, -0.25) is 14.8 Å². The highest BCUT2D eigenvalue weighted by Crippen LogP contribution is 2.26. The fraction of sp³-hybridized carbons (Fsp3) is 0.364. The van der Waals surface area contributed by atoms with Crippen LogP contribution in [0.1, 0.15) is 12.6 Å². The number of nitro groups is 1. The molecule has 0 spiro atoms. The number of aryl methyl sites for hydroxylation is 1. The lowest BCUT2D eigenvalue weighted by Gasteiger charge is -2.15. The summed E-state index contributed by atoms with van der Waals surface area (Å²) in [5, 5.41) is 18.1. The van der Waals surface area contributed by atoms with Crippen molar-refractivity contribution in [1.29, 1.82) is 0 Å². The summed E-state index contributed by atoms with van der Waals surface area (Å²) in [6.07, 6.45) is 3.48. The Bertz CT molecular complexity index is 611. The monoisotopic (exact) mass is 277 g/mol. The molecule has 0 radical (unpaired) electrons. The van der Waals surface area contributed by atoms with Crippen LogP contribution >= 0.6 is 0 Å². The third-order valence-corrected chi connectivity index (χ3v) is 2.66. The van der Waals surface area contributed by atoms with Crippen molar-refractivity contribution >= 4 is 17.5 Å². The number of anilines is 2. The van der Waals surface area contributed by atoms with Crippen molar-refractivity contribution in [3.63, 3.8) is 0 Å². The summed E-state index contributed by atoms with van der Waals surface area (Å²) in [7, 11) is 0. The Labute approximate surface area is 115 Å². The van der Waals surface area contributed by atoms with Gasteiger partial charge in [0.25, 0.3) is 0 Å². The van der Waals surface area contributed by atoms with Gasteiger partial charge in [-0.1, -0.05) is 0 Å². The first kappa shape index (κ1) is 13.7. The Morgan fingerprint density at radius 2 is 2.30 bits per heavy atom. The number of hydrogen-bond acceptors (Lipinski definition) is 7. The molecular weight excluding hydrogens is 262 g/mol. The van der Waals surface area contributed by atoms with E-state index >= 15 is 0 Å². The molecule has 0 aliphatic carbocycles. The van der Waals surface area contributed by atoms with E-state index in [0.717, 1.165) is 0 Å². The van der Waals surface area contributed by atoms with Crippen molar-refractivity contribution in [2.24, 2.45) is 0 Å². The second-order valence-corrected chi connectivity index (χ2v) is 4.40. The standard InChI is InChI=1S/C11H15N7O2/c1-7(6-17-5-3-4-13-17)14-10-9(18(19)20)8(2)15-11(12)16-10/h3-5,7H,6H2,1-2H3,(H3,12,14,15,16). The van der Waals surface area contributed by atoms with Crippen LogP contribution in [0.3, 0.4) is 0 Å². The quantitative estimate of drug-likeness (QED) is 0.616. The second-order valence-electron chi connectivity index (χ2n) is 4.40. The van der Waals surface area contributed by atoms with Gasteiger partial charge < -0.3 is 11.1 Å². The fourth-order valence-electron chi connectivity index (χ4n) is 1.88. The average Bonchev–Trinajstić information content (AvgIpc) is 2.79. The van der Waals surface area contributed by atoms with Gasteiger partial charge in [0.2, 0.25) is 11.8 Å². The van der Waals surface area contributed by atoms with Crippen LogP contribution in [-0.4, -0.2) is 30.7 Å². The molecule has 0 aliphatic rings. The second kappa shape index (κ2) is 5.51. The summed E-state index contributed by atoms with van der Waals surface area (Å²) in [5.74, 6) is 0.126. The van der Waals surface area contributed by atoms with E-state index in [9.17, 15) is 10.1 Å². The summed E-state index contributed by atoms with van der Waals surface area (Å²) < 4.78 is 1.72. The van der Waals surface area contributed by atoms with Crippen LogP contribution in [0.2, 0.25) is 0 Å². The predicted octanol–water partition coefficient (Wildman–Crippen LogP) is 0.973. The highest BCUT2D eigenvalue weighted by Gasteiger charge is 2.22. The van der Waals surface area contributed by atoms with Crippen LogP contribution in [0.4, 0.5) is 17.5 Å².